The van der Waals surface area contributed by atoms with Gasteiger partial charge in [-0.1, -0.05) is 59.3 Å². The molecular weight excluding hydrogens is 360 g/mol. The van der Waals surface area contributed by atoms with E-state index in [2.05, 4.69) is 20.8 Å². The lowest BCUT2D eigenvalue weighted by atomic mass is 10.1. The molecule has 0 amide bonds. The summed E-state index contributed by atoms with van der Waals surface area (Å²) in [6, 6.07) is 0. The molecule has 1 heterocycles. The number of hydrogen-bond acceptors (Lipinski definition) is 6. The van der Waals surface area contributed by atoms with Crippen LogP contribution in [0, 0.1) is 0 Å². The average Bonchev–Trinajstić information content (AvgIpc) is 2.98. The van der Waals surface area contributed by atoms with Gasteiger partial charge in [0, 0.05) is 26.7 Å². The molecule has 0 bridgehead atoms. The van der Waals surface area contributed by atoms with Crippen LogP contribution in [-0.4, -0.2) is 57.0 Å². The molecule has 1 rings (SSSR count). The standard InChI is InChI=1S/C22H42O6/c1-5-8-11-14-24-17-19-20(25-15-12-9-6-2)21(26-16-13-10-7-3)22(28-19)27-18(4)23/h19-22H,5-17H2,1-4H3/t19-,20-,21-,22-/m1/s1. The molecule has 0 unspecified atom stereocenters. The van der Waals surface area contributed by atoms with Crippen molar-refractivity contribution in [2.45, 2.75) is 110 Å². The van der Waals surface area contributed by atoms with Crippen molar-refractivity contribution >= 4 is 5.97 Å². The van der Waals surface area contributed by atoms with E-state index in [4.69, 9.17) is 23.7 Å². The summed E-state index contributed by atoms with van der Waals surface area (Å²) < 4.78 is 29.4. The maximum absolute atomic E-state index is 11.5. The SMILES string of the molecule is CCCCCOC[C@H]1O[C@@H](OC(C)=O)[C@H](OCCCCC)[C@@H]1OCCCCC. The van der Waals surface area contributed by atoms with Gasteiger partial charge in [-0.2, -0.15) is 0 Å². The predicted molar refractivity (Wildman–Crippen MR) is 109 cm³/mol. The molecule has 1 aliphatic rings. The Bertz CT molecular complexity index is 389. The van der Waals surface area contributed by atoms with Gasteiger partial charge in [0.2, 0.25) is 6.29 Å². The highest BCUT2D eigenvalue weighted by molar-refractivity contribution is 5.66. The van der Waals surface area contributed by atoms with Crippen molar-refractivity contribution < 1.29 is 28.5 Å². The summed E-state index contributed by atoms with van der Waals surface area (Å²) in [5.74, 6) is -0.374. The van der Waals surface area contributed by atoms with E-state index in [0.29, 0.717) is 26.4 Å². The molecule has 1 aliphatic heterocycles. The van der Waals surface area contributed by atoms with E-state index in [9.17, 15) is 4.79 Å². The molecule has 1 saturated heterocycles. The molecule has 0 spiro atoms. The number of unbranched alkanes of at least 4 members (excludes halogenated alkanes) is 6. The zero-order valence-corrected chi connectivity index (χ0v) is 18.5. The highest BCUT2D eigenvalue weighted by Gasteiger charge is 2.48. The molecule has 6 nitrogen and oxygen atoms in total. The first-order valence-electron chi connectivity index (χ1n) is 11.3. The van der Waals surface area contributed by atoms with Crippen LogP contribution in [0.1, 0.15) is 85.5 Å². The van der Waals surface area contributed by atoms with Crippen LogP contribution in [0.15, 0.2) is 0 Å². The maximum Gasteiger partial charge on any atom is 0.305 e. The Balaban J connectivity index is 2.68. The first kappa shape index (κ1) is 25.3. The van der Waals surface area contributed by atoms with Crippen molar-refractivity contribution in [1.29, 1.82) is 0 Å². The van der Waals surface area contributed by atoms with Crippen LogP contribution in [0.2, 0.25) is 0 Å². The van der Waals surface area contributed by atoms with Crippen molar-refractivity contribution in [2.75, 3.05) is 26.4 Å². The minimum Gasteiger partial charge on any atom is -0.433 e. The Hall–Kier alpha value is -0.690. The third-order valence-electron chi connectivity index (χ3n) is 4.84. The molecule has 0 aromatic carbocycles. The van der Waals surface area contributed by atoms with Gasteiger partial charge in [0.1, 0.15) is 18.3 Å². The first-order valence-corrected chi connectivity index (χ1v) is 11.3. The van der Waals surface area contributed by atoms with Crippen molar-refractivity contribution in [3.63, 3.8) is 0 Å². The highest BCUT2D eigenvalue weighted by Crippen LogP contribution is 2.29. The molecule has 28 heavy (non-hydrogen) atoms. The van der Waals surface area contributed by atoms with Crippen molar-refractivity contribution in [3.05, 3.63) is 0 Å². The molecule has 6 heteroatoms. The number of carbonyl (C=O) groups is 1. The van der Waals surface area contributed by atoms with Crippen LogP contribution in [0.5, 0.6) is 0 Å². The fourth-order valence-electron chi connectivity index (χ4n) is 3.26. The summed E-state index contributed by atoms with van der Waals surface area (Å²) in [6.07, 6.45) is 8.11. The average molecular weight is 403 g/mol. The Morgan fingerprint density at radius 2 is 1.32 bits per heavy atom. The first-order chi connectivity index (χ1) is 13.6. The molecule has 0 aromatic rings. The summed E-state index contributed by atoms with van der Waals surface area (Å²) in [5.41, 5.74) is 0. The van der Waals surface area contributed by atoms with E-state index in [0.717, 1.165) is 57.8 Å². The smallest absolute Gasteiger partial charge is 0.305 e. The van der Waals surface area contributed by atoms with Crippen molar-refractivity contribution in [2.24, 2.45) is 0 Å². The number of rotatable bonds is 17. The van der Waals surface area contributed by atoms with Gasteiger partial charge in [0.15, 0.2) is 0 Å². The minimum absolute atomic E-state index is 0.283. The number of esters is 1. The van der Waals surface area contributed by atoms with E-state index >= 15 is 0 Å². The van der Waals surface area contributed by atoms with E-state index in [1.807, 2.05) is 0 Å². The van der Waals surface area contributed by atoms with E-state index in [-0.39, 0.29) is 18.2 Å². The monoisotopic (exact) mass is 402 g/mol. The van der Waals surface area contributed by atoms with Crippen LogP contribution in [-0.2, 0) is 28.5 Å². The van der Waals surface area contributed by atoms with Gasteiger partial charge < -0.3 is 23.7 Å². The zero-order valence-electron chi connectivity index (χ0n) is 18.5. The Kier molecular flexibility index (Phi) is 14.6. The molecule has 4 atom stereocenters. The van der Waals surface area contributed by atoms with Crippen LogP contribution >= 0.6 is 0 Å². The highest BCUT2D eigenvalue weighted by atomic mass is 16.7. The summed E-state index contributed by atoms with van der Waals surface area (Å²) in [5, 5.41) is 0. The topological polar surface area (TPSA) is 63.2 Å². The number of hydrogen-bond donors (Lipinski definition) is 0. The number of ether oxygens (including phenoxy) is 5. The second-order valence-electron chi connectivity index (χ2n) is 7.52. The third-order valence-corrected chi connectivity index (χ3v) is 4.84. The summed E-state index contributed by atoms with van der Waals surface area (Å²) >= 11 is 0. The van der Waals surface area contributed by atoms with Gasteiger partial charge >= 0.3 is 5.97 Å². The Morgan fingerprint density at radius 1 is 0.786 bits per heavy atom. The molecule has 0 aliphatic carbocycles. The summed E-state index contributed by atoms with van der Waals surface area (Å²) in [4.78, 5) is 11.5. The second-order valence-corrected chi connectivity index (χ2v) is 7.52. The lowest BCUT2D eigenvalue weighted by Crippen LogP contribution is -2.40. The van der Waals surface area contributed by atoms with Crippen LogP contribution in [0.4, 0.5) is 0 Å². The van der Waals surface area contributed by atoms with Crippen LogP contribution < -0.4 is 0 Å². The number of carbonyl (C=O) groups excluding carboxylic acids is 1. The summed E-state index contributed by atoms with van der Waals surface area (Å²) in [6.45, 7) is 10.3. The molecule has 0 saturated carbocycles. The lowest BCUT2D eigenvalue weighted by molar-refractivity contribution is -0.194. The van der Waals surface area contributed by atoms with Crippen LogP contribution in [0.3, 0.4) is 0 Å². The minimum atomic E-state index is -0.737. The third kappa shape index (κ3) is 10.2. The quantitative estimate of drug-likeness (QED) is 0.261. The molecule has 1 fully saturated rings. The fraction of sp³-hybridized carbons (Fsp3) is 0.955. The van der Waals surface area contributed by atoms with Gasteiger partial charge in [-0.05, 0) is 19.3 Å². The van der Waals surface area contributed by atoms with Crippen molar-refractivity contribution in [1.82, 2.24) is 0 Å². The molecule has 0 aromatic heterocycles. The molecular formula is C22H42O6. The van der Waals surface area contributed by atoms with Gasteiger partial charge in [0.05, 0.1) is 6.61 Å². The van der Waals surface area contributed by atoms with Crippen molar-refractivity contribution in [3.8, 4) is 0 Å². The fourth-order valence-corrected chi connectivity index (χ4v) is 3.26. The van der Waals surface area contributed by atoms with Gasteiger partial charge in [-0.25, -0.2) is 0 Å². The van der Waals surface area contributed by atoms with Gasteiger partial charge in [-0.15, -0.1) is 0 Å². The second kappa shape index (κ2) is 16.1. The molecule has 166 valence electrons. The lowest BCUT2D eigenvalue weighted by Gasteiger charge is -2.24. The summed E-state index contributed by atoms with van der Waals surface area (Å²) in [7, 11) is 0. The van der Waals surface area contributed by atoms with Gasteiger partial charge in [0.25, 0.3) is 0 Å². The van der Waals surface area contributed by atoms with Gasteiger partial charge in [-0.3, -0.25) is 4.79 Å². The zero-order chi connectivity index (χ0) is 20.6. The molecule has 0 N–H and O–H groups in total. The maximum atomic E-state index is 11.5. The Morgan fingerprint density at radius 3 is 1.86 bits per heavy atom. The predicted octanol–water partition coefficient (Wildman–Crippen LogP) is 4.63. The molecule has 0 radical (unpaired) electrons. The van der Waals surface area contributed by atoms with E-state index < -0.39 is 12.4 Å². The normalized spacial score (nSPS) is 24.6. The van der Waals surface area contributed by atoms with Crippen LogP contribution in [0.25, 0.3) is 0 Å². The van der Waals surface area contributed by atoms with E-state index in [1.165, 1.54) is 6.92 Å². The largest absolute Gasteiger partial charge is 0.433 e. The van der Waals surface area contributed by atoms with E-state index in [1.54, 1.807) is 0 Å². The Labute approximate surface area is 171 Å².